The summed E-state index contributed by atoms with van der Waals surface area (Å²) in [4.78, 5) is 22.2. The highest BCUT2D eigenvalue weighted by molar-refractivity contribution is 5.83. The van der Waals surface area contributed by atoms with Gasteiger partial charge in [0.2, 0.25) is 5.91 Å². The fourth-order valence-corrected chi connectivity index (χ4v) is 1.12. The Morgan fingerprint density at radius 2 is 1.71 bits per heavy atom. The largest absolute Gasteiger partial charge is 0.481 e. The quantitative estimate of drug-likeness (QED) is 0.585. The standard InChI is InChI=1S/C12H24N2O3/c1-11(2,12(3,4)13)10(17)14-8-6-5-7-9(15)16/h5-8,13H2,1-4H3,(H,14,17)(H,15,16). The molecule has 0 fully saturated rings. The first-order valence-corrected chi connectivity index (χ1v) is 5.88. The second-order valence-corrected chi connectivity index (χ2v) is 5.45. The lowest BCUT2D eigenvalue weighted by Gasteiger charge is -2.36. The molecule has 0 aromatic heterocycles. The molecule has 0 bridgehead atoms. The predicted molar refractivity (Wildman–Crippen MR) is 66.5 cm³/mol. The van der Waals surface area contributed by atoms with Crippen molar-refractivity contribution >= 4 is 11.9 Å². The number of hydrogen-bond acceptors (Lipinski definition) is 3. The van der Waals surface area contributed by atoms with E-state index in [1.165, 1.54) is 0 Å². The third-order valence-electron chi connectivity index (χ3n) is 3.28. The van der Waals surface area contributed by atoms with E-state index in [9.17, 15) is 9.59 Å². The van der Waals surface area contributed by atoms with Gasteiger partial charge in [-0.1, -0.05) is 0 Å². The summed E-state index contributed by atoms with van der Waals surface area (Å²) >= 11 is 0. The number of carboxylic acid groups (broad SMARTS) is 1. The molecule has 0 aliphatic carbocycles. The highest BCUT2D eigenvalue weighted by Crippen LogP contribution is 2.28. The van der Waals surface area contributed by atoms with Crippen LogP contribution in [0, 0.1) is 5.41 Å². The van der Waals surface area contributed by atoms with Gasteiger partial charge in [-0.05, 0) is 40.5 Å². The van der Waals surface area contributed by atoms with Crippen LogP contribution in [0.4, 0.5) is 0 Å². The maximum atomic E-state index is 11.9. The van der Waals surface area contributed by atoms with Gasteiger partial charge in [-0.25, -0.2) is 0 Å². The van der Waals surface area contributed by atoms with Gasteiger partial charge in [0.15, 0.2) is 0 Å². The maximum Gasteiger partial charge on any atom is 0.303 e. The Morgan fingerprint density at radius 1 is 1.18 bits per heavy atom. The minimum atomic E-state index is -0.806. The van der Waals surface area contributed by atoms with Gasteiger partial charge in [0.05, 0.1) is 5.41 Å². The molecule has 5 nitrogen and oxygen atoms in total. The first-order valence-electron chi connectivity index (χ1n) is 5.88. The van der Waals surface area contributed by atoms with Crippen molar-refractivity contribution < 1.29 is 14.7 Å². The Balaban J connectivity index is 3.99. The minimum Gasteiger partial charge on any atom is -0.481 e. The van der Waals surface area contributed by atoms with E-state index in [-0.39, 0.29) is 12.3 Å². The SMILES string of the molecule is CC(C)(N)C(C)(C)C(=O)NCCCCC(=O)O. The lowest BCUT2D eigenvalue weighted by molar-refractivity contribution is -0.137. The van der Waals surface area contributed by atoms with E-state index in [4.69, 9.17) is 10.8 Å². The lowest BCUT2D eigenvalue weighted by atomic mass is 9.74. The van der Waals surface area contributed by atoms with Gasteiger partial charge in [-0.3, -0.25) is 9.59 Å². The fraction of sp³-hybridized carbons (Fsp3) is 0.833. The molecule has 0 aliphatic rings. The first-order chi connectivity index (χ1) is 7.59. The van der Waals surface area contributed by atoms with Gasteiger partial charge in [0.25, 0.3) is 0 Å². The second kappa shape index (κ2) is 6.00. The Bertz CT molecular complexity index is 280. The molecule has 0 radical (unpaired) electrons. The summed E-state index contributed by atoms with van der Waals surface area (Å²) in [6.45, 7) is 7.73. The van der Waals surface area contributed by atoms with E-state index < -0.39 is 16.9 Å². The fourth-order valence-electron chi connectivity index (χ4n) is 1.12. The van der Waals surface area contributed by atoms with Crippen LogP contribution in [0.2, 0.25) is 0 Å². The van der Waals surface area contributed by atoms with Crippen LogP contribution in [0.1, 0.15) is 47.0 Å². The Morgan fingerprint density at radius 3 is 2.12 bits per heavy atom. The molecule has 100 valence electrons. The molecule has 4 N–H and O–H groups in total. The van der Waals surface area contributed by atoms with Crippen molar-refractivity contribution in [3.05, 3.63) is 0 Å². The number of unbranched alkanes of at least 4 members (excludes halogenated alkanes) is 1. The molecule has 0 unspecified atom stereocenters. The molecule has 0 atom stereocenters. The van der Waals surface area contributed by atoms with E-state index in [2.05, 4.69) is 5.32 Å². The smallest absolute Gasteiger partial charge is 0.303 e. The number of carboxylic acids is 1. The molecule has 0 rings (SSSR count). The number of carbonyl (C=O) groups is 2. The number of amides is 1. The number of nitrogens with two attached hydrogens (primary N) is 1. The van der Waals surface area contributed by atoms with Crippen molar-refractivity contribution in [1.29, 1.82) is 0 Å². The molecule has 0 aromatic carbocycles. The predicted octanol–water partition coefficient (Wildman–Crippen LogP) is 1.12. The van der Waals surface area contributed by atoms with Crippen LogP contribution in [-0.4, -0.2) is 29.1 Å². The monoisotopic (exact) mass is 244 g/mol. The van der Waals surface area contributed by atoms with Gasteiger partial charge in [-0.15, -0.1) is 0 Å². The van der Waals surface area contributed by atoms with Crippen LogP contribution >= 0.6 is 0 Å². The van der Waals surface area contributed by atoms with Crippen LogP contribution < -0.4 is 11.1 Å². The summed E-state index contributed by atoms with van der Waals surface area (Å²) in [5.74, 6) is -0.903. The zero-order valence-electron chi connectivity index (χ0n) is 11.2. The van der Waals surface area contributed by atoms with Crippen molar-refractivity contribution in [3.8, 4) is 0 Å². The molecular formula is C12H24N2O3. The van der Waals surface area contributed by atoms with Gasteiger partial charge in [-0.2, -0.15) is 0 Å². The van der Waals surface area contributed by atoms with Gasteiger partial charge in [0.1, 0.15) is 0 Å². The van der Waals surface area contributed by atoms with Crippen LogP contribution in [0.3, 0.4) is 0 Å². The zero-order valence-corrected chi connectivity index (χ0v) is 11.2. The minimum absolute atomic E-state index is 0.0969. The van der Waals surface area contributed by atoms with E-state index in [0.717, 1.165) is 0 Å². The van der Waals surface area contributed by atoms with Crippen molar-refractivity contribution in [2.75, 3.05) is 6.54 Å². The molecule has 0 saturated carbocycles. The van der Waals surface area contributed by atoms with Crippen molar-refractivity contribution in [3.63, 3.8) is 0 Å². The molecule has 0 aromatic rings. The van der Waals surface area contributed by atoms with Crippen LogP contribution in [0.25, 0.3) is 0 Å². The van der Waals surface area contributed by atoms with Crippen molar-refractivity contribution in [1.82, 2.24) is 5.32 Å². The number of nitrogens with one attached hydrogen (secondary N) is 1. The molecule has 17 heavy (non-hydrogen) atoms. The van der Waals surface area contributed by atoms with Crippen LogP contribution in [0.5, 0.6) is 0 Å². The molecular weight excluding hydrogens is 220 g/mol. The van der Waals surface area contributed by atoms with E-state index in [1.54, 1.807) is 13.8 Å². The summed E-state index contributed by atoms with van der Waals surface area (Å²) < 4.78 is 0. The third kappa shape index (κ3) is 5.17. The first kappa shape index (κ1) is 15.9. The molecule has 0 saturated heterocycles. The summed E-state index contributed by atoms with van der Waals surface area (Å²) in [5.41, 5.74) is 4.69. The number of aliphatic carboxylic acids is 1. The van der Waals surface area contributed by atoms with E-state index in [0.29, 0.717) is 19.4 Å². The molecule has 5 heteroatoms. The molecule has 1 amide bonds. The topological polar surface area (TPSA) is 92.4 Å². The summed E-state index contributed by atoms with van der Waals surface area (Å²) in [5, 5.41) is 11.2. The maximum absolute atomic E-state index is 11.9. The molecule has 0 heterocycles. The van der Waals surface area contributed by atoms with Crippen molar-refractivity contribution in [2.24, 2.45) is 11.1 Å². The molecule has 0 aliphatic heterocycles. The zero-order chi connectivity index (χ0) is 13.7. The number of hydrogen-bond donors (Lipinski definition) is 3. The highest BCUT2D eigenvalue weighted by atomic mass is 16.4. The second-order valence-electron chi connectivity index (χ2n) is 5.45. The van der Waals surface area contributed by atoms with Gasteiger partial charge >= 0.3 is 5.97 Å². The Hall–Kier alpha value is -1.10. The number of carbonyl (C=O) groups excluding carboxylic acids is 1. The summed E-state index contributed by atoms with van der Waals surface area (Å²) in [6, 6.07) is 0. The normalized spacial score (nSPS) is 12.3. The van der Waals surface area contributed by atoms with Crippen molar-refractivity contribution in [2.45, 2.75) is 52.5 Å². The lowest BCUT2D eigenvalue weighted by Crippen LogP contribution is -2.55. The van der Waals surface area contributed by atoms with E-state index >= 15 is 0 Å². The van der Waals surface area contributed by atoms with Crippen LogP contribution in [0.15, 0.2) is 0 Å². The Labute approximate surface area is 103 Å². The van der Waals surface area contributed by atoms with Crippen LogP contribution in [-0.2, 0) is 9.59 Å². The summed E-state index contributed by atoms with van der Waals surface area (Å²) in [7, 11) is 0. The Kier molecular flexibility index (Phi) is 5.61. The van der Waals surface area contributed by atoms with Gasteiger partial charge in [0, 0.05) is 18.5 Å². The number of rotatable bonds is 7. The average molecular weight is 244 g/mol. The van der Waals surface area contributed by atoms with Gasteiger partial charge < -0.3 is 16.2 Å². The summed E-state index contributed by atoms with van der Waals surface area (Å²) in [6.07, 6.45) is 1.38. The molecule has 0 spiro atoms. The average Bonchev–Trinajstić information content (AvgIpc) is 2.14. The highest BCUT2D eigenvalue weighted by Gasteiger charge is 2.39. The third-order valence-corrected chi connectivity index (χ3v) is 3.28. The van der Waals surface area contributed by atoms with E-state index in [1.807, 2.05) is 13.8 Å².